The van der Waals surface area contributed by atoms with Crippen molar-refractivity contribution >= 4 is 47.9 Å². The van der Waals surface area contributed by atoms with Crippen molar-refractivity contribution in [1.82, 2.24) is 4.72 Å². The molecule has 8 heteroatoms. The van der Waals surface area contributed by atoms with Crippen LogP contribution in [0.3, 0.4) is 0 Å². The molecular formula is C11H9Br2NO4S. The Hall–Kier alpha value is -0.700. The Bertz CT molecular complexity index is 652. The zero-order valence-electron chi connectivity index (χ0n) is 9.68. The van der Waals surface area contributed by atoms with Gasteiger partial charge in [0, 0.05) is 0 Å². The molecule has 0 bridgehead atoms. The van der Waals surface area contributed by atoms with Crippen molar-refractivity contribution in [1.29, 1.82) is 0 Å². The van der Waals surface area contributed by atoms with Crippen LogP contribution in [0, 0.1) is 6.92 Å². The molecular weight excluding hydrogens is 402 g/mol. The van der Waals surface area contributed by atoms with Gasteiger partial charge in [0.1, 0.15) is 4.48 Å². The lowest BCUT2D eigenvalue weighted by atomic mass is 10.2. The first-order valence-corrected chi connectivity index (χ1v) is 8.23. The number of hydrogen-bond acceptors (Lipinski definition) is 4. The summed E-state index contributed by atoms with van der Waals surface area (Å²) in [6.07, 6.45) is -1.05. The molecule has 1 aliphatic rings. The smallest absolute Gasteiger partial charge is 0.348 e. The van der Waals surface area contributed by atoms with Crippen molar-refractivity contribution in [3.05, 3.63) is 38.8 Å². The van der Waals surface area contributed by atoms with Crippen molar-refractivity contribution < 1.29 is 17.9 Å². The number of cyclic esters (lactones) is 1. The van der Waals surface area contributed by atoms with E-state index in [-0.39, 0.29) is 9.38 Å². The van der Waals surface area contributed by atoms with Gasteiger partial charge in [-0.1, -0.05) is 17.7 Å². The van der Waals surface area contributed by atoms with Crippen molar-refractivity contribution in [3.63, 3.8) is 0 Å². The standard InChI is InChI=1S/C11H9Br2NO4S/c1-6-2-4-7(5-3-6)19(16,17)14-10-8(12)9(13)11(15)18-10/h2-5,10,14H,1H3/t10-/m1/s1. The first kappa shape index (κ1) is 14.7. The Morgan fingerprint density at radius 2 is 1.79 bits per heavy atom. The summed E-state index contributed by atoms with van der Waals surface area (Å²) >= 11 is 6.11. The van der Waals surface area contributed by atoms with E-state index in [2.05, 4.69) is 36.6 Å². The number of rotatable bonds is 3. The van der Waals surface area contributed by atoms with Gasteiger partial charge in [-0.3, -0.25) is 0 Å². The predicted molar refractivity (Wildman–Crippen MR) is 76.3 cm³/mol. The van der Waals surface area contributed by atoms with E-state index in [1.54, 1.807) is 12.1 Å². The van der Waals surface area contributed by atoms with Crippen molar-refractivity contribution in [3.8, 4) is 0 Å². The highest BCUT2D eigenvalue weighted by Crippen LogP contribution is 2.31. The van der Waals surface area contributed by atoms with E-state index < -0.39 is 22.2 Å². The van der Waals surface area contributed by atoms with E-state index in [4.69, 9.17) is 4.74 Å². The summed E-state index contributed by atoms with van der Waals surface area (Å²) in [5.74, 6) is -0.622. The number of ether oxygens (including phenoxy) is 1. The van der Waals surface area contributed by atoms with Crippen LogP contribution in [0.25, 0.3) is 0 Å². The molecule has 1 atom stereocenters. The van der Waals surface area contributed by atoms with Gasteiger partial charge in [-0.05, 0) is 50.9 Å². The highest BCUT2D eigenvalue weighted by Gasteiger charge is 2.34. The highest BCUT2D eigenvalue weighted by molar-refractivity contribution is 9.14. The number of halogens is 2. The first-order valence-electron chi connectivity index (χ1n) is 5.16. The third kappa shape index (κ3) is 3.07. The molecule has 0 saturated heterocycles. The lowest BCUT2D eigenvalue weighted by Gasteiger charge is -2.13. The summed E-state index contributed by atoms with van der Waals surface area (Å²) < 4.78 is 31.8. The average molecular weight is 411 g/mol. The SMILES string of the molecule is Cc1ccc(S(=O)(=O)N[C@@H]2OC(=O)C(Br)=C2Br)cc1. The van der Waals surface area contributed by atoms with Crippen LogP contribution in [0.5, 0.6) is 0 Å². The highest BCUT2D eigenvalue weighted by atomic mass is 79.9. The Morgan fingerprint density at radius 3 is 2.26 bits per heavy atom. The first-order chi connectivity index (χ1) is 8.81. The lowest BCUT2D eigenvalue weighted by Crippen LogP contribution is -2.35. The summed E-state index contributed by atoms with van der Waals surface area (Å²) in [5, 5.41) is 0. The minimum atomic E-state index is -3.75. The van der Waals surface area contributed by atoms with E-state index in [1.165, 1.54) is 12.1 Å². The van der Waals surface area contributed by atoms with Crippen LogP contribution in [-0.4, -0.2) is 20.6 Å². The fourth-order valence-electron chi connectivity index (χ4n) is 1.43. The fourth-order valence-corrected chi connectivity index (χ4v) is 3.33. The summed E-state index contributed by atoms with van der Waals surface area (Å²) in [7, 11) is -3.75. The maximum Gasteiger partial charge on any atom is 0.348 e. The van der Waals surface area contributed by atoms with Crippen molar-refractivity contribution in [2.75, 3.05) is 0 Å². The maximum atomic E-state index is 12.1. The summed E-state index contributed by atoms with van der Waals surface area (Å²) in [4.78, 5) is 11.4. The van der Waals surface area contributed by atoms with Gasteiger partial charge in [0.25, 0.3) is 0 Å². The number of carbonyl (C=O) groups excluding carboxylic acids is 1. The Balaban J connectivity index is 2.24. The molecule has 0 spiro atoms. The van der Waals surface area contributed by atoms with Crippen LogP contribution in [0.4, 0.5) is 0 Å². The van der Waals surface area contributed by atoms with Gasteiger partial charge >= 0.3 is 5.97 Å². The van der Waals surface area contributed by atoms with Crippen LogP contribution in [-0.2, 0) is 19.6 Å². The van der Waals surface area contributed by atoms with Crippen molar-refractivity contribution in [2.45, 2.75) is 18.0 Å². The third-order valence-corrected chi connectivity index (χ3v) is 5.95. The quantitative estimate of drug-likeness (QED) is 0.775. The van der Waals surface area contributed by atoms with Gasteiger partial charge in [-0.25, -0.2) is 13.2 Å². The molecule has 0 radical (unpaired) electrons. The molecule has 0 amide bonds. The molecule has 0 unspecified atom stereocenters. The average Bonchev–Trinajstić information content (AvgIpc) is 2.57. The maximum absolute atomic E-state index is 12.1. The van der Waals surface area contributed by atoms with Gasteiger partial charge in [-0.15, -0.1) is 0 Å². The van der Waals surface area contributed by atoms with Crippen LogP contribution in [0.15, 0.2) is 38.1 Å². The minimum Gasteiger partial charge on any atom is -0.437 e. The number of esters is 1. The minimum absolute atomic E-state index is 0.109. The van der Waals surface area contributed by atoms with Crippen LogP contribution >= 0.6 is 31.9 Å². The van der Waals surface area contributed by atoms with Crippen LogP contribution in [0.2, 0.25) is 0 Å². The van der Waals surface area contributed by atoms with E-state index in [0.29, 0.717) is 4.48 Å². The molecule has 1 aromatic rings. The Kier molecular flexibility index (Phi) is 4.14. The monoisotopic (exact) mass is 409 g/mol. The largest absolute Gasteiger partial charge is 0.437 e. The van der Waals surface area contributed by atoms with Crippen LogP contribution in [0.1, 0.15) is 5.56 Å². The van der Waals surface area contributed by atoms with Gasteiger partial charge < -0.3 is 4.74 Å². The molecule has 1 aliphatic heterocycles. The van der Waals surface area contributed by atoms with Gasteiger partial charge in [0.2, 0.25) is 16.3 Å². The van der Waals surface area contributed by atoms with Crippen LogP contribution < -0.4 is 4.72 Å². The number of carbonyl (C=O) groups is 1. The molecule has 1 heterocycles. The number of sulfonamides is 1. The normalized spacial score (nSPS) is 19.7. The molecule has 2 rings (SSSR count). The molecule has 0 saturated carbocycles. The van der Waals surface area contributed by atoms with Gasteiger partial charge in [0.15, 0.2) is 0 Å². The third-order valence-electron chi connectivity index (χ3n) is 2.44. The summed E-state index contributed by atoms with van der Waals surface area (Å²) in [6.45, 7) is 1.86. The van der Waals surface area contributed by atoms with Gasteiger partial charge in [-0.2, -0.15) is 4.72 Å². The van der Waals surface area contributed by atoms with E-state index in [0.717, 1.165) is 5.56 Å². The summed E-state index contributed by atoms with van der Waals surface area (Å²) in [6, 6.07) is 6.36. The molecule has 0 fully saturated rings. The van der Waals surface area contributed by atoms with E-state index in [1.807, 2.05) is 6.92 Å². The second-order valence-electron chi connectivity index (χ2n) is 3.88. The molecule has 0 aliphatic carbocycles. The zero-order chi connectivity index (χ0) is 14.2. The summed E-state index contributed by atoms with van der Waals surface area (Å²) in [5.41, 5.74) is 0.954. The number of hydrogen-bond donors (Lipinski definition) is 1. The second-order valence-corrected chi connectivity index (χ2v) is 7.24. The molecule has 102 valence electrons. The molecule has 1 N–H and O–H groups in total. The van der Waals surface area contributed by atoms with Gasteiger partial charge in [0.05, 0.1) is 9.38 Å². The zero-order valence-corrected chi connectivity index (χ0v) is 13.7. The van der Waals surface area contributed by atoms with E-state index in [9.17, 15) is 13.2 Å². The second kappa shape index (κ2) is 5.35. The molecule has 19 heavy (non-hydrogen) atoms. The predicted octanol–water partition coefficient (Wildman–Crippen LogP) is 2.16. The molecule has 5 nitrogen and oxygen atoms in total. The van der Waals surface area contributed by atoms with Crippen molar-refractivity contribution in [2.24, 2.45) is 0 Å². The fraction of sp³-hybridized carbons (Fsp3) is 0.182. The number of nitrogens with one attached hydrogen (secondary N) is 1. The number of aryl methyl sites for hydroxylation is 1. The lowest BCUT2D eigenvalue weighted by molar-refractivity contribution is -0.139. The Labute approximate surface area is 127 Å². The number of benzene rings is 1. The molecule has 1 aromatic carbocycles. The molecule has 0 aromatic heterocycles. The Morgan fingerprint density at radius 1 is 1.21 bits per heavy atom. The van der Waals surface area contributed by atoms with E-state index >= 15 is 0 Å². The topological polar surface area (TPSA) is 72.5 Å².